The highest BCUT2D eigenvalue weighted by molar-refractivity contribution is 6.09. The standard InChI is InChI=1S/C22H18N2O4/c1-22(17-8-4-6-15-5-2-3-7-16(15)17)20(25)24(21(26)23-22)12-14-9-10-18-19(11-14)28-13-27-18/h2-11H,12-13H2,1H3,(H,23,26)/t22-/m0/s1. The average molecular weight is 374 g/mol. The summed E-state index contributed by atoms with van der Waals surface area (Å²) in [7, 11) is 0. The summed E-state index contributed by atoms with van der Waals surface area (Å²) in [6, 6.07) is 18.7. The van der Waals surface area contributed by atoms with E-state index < -0.39 is 11.6 Å². The van der Waals surface area contributed by atoms with Crippen LogP contribution in [0.3, 0.4) is 0 Å². The normalized spacial score (nSPS) is 20.7. The van der Waals surface area contributed by atoms with Crippen molar-refractivity contribution in [1.82, 2.24) is 10.2 Å². The summed E-state index contributed by atoms with van der Waals surface area (Å²) in [4.78, 5) is 27.2. The molecule has 0 unspecified atom stereocenters. The molecule has 140 valence electrons. The summed E-state index contributed by atoms with van der Waals surface area (Å²) in [5.74, 6) is 1.02. The zero-order valence-corrected chi connectivity index (χ0v) is 15.3. The third-order valence-electron chi connectivity index (χ3n) is 5.38. The molecule has 2 aliphatic heterocycles. The van der Waals surface area contributed by atoms with E-state index in [0.717, 1.165) is 21.9 Å². The van der Waals surface area contributed by atoms with Crippen LogP contribution in [0.25, 0.3) is 10.8 Å². The van der Waals surface area contributed by atoms with E-state index in [1.54, 1.807) is 19.1 Å². The smallest absolute Gasteiger partial charge is 0.325 e. The predicted octanol–water partition coefficient (Wildman–Crippen LogP) is 3.54. The molecule has 1 atom stereocenters. The van der Waals surface area contributed by atoms with E-state index in [2.05, 4.69) is 5.32 Å². The van der Waals surface area contributed by atoms with Crippen LogP contribution in [0.15, 0.2) is 60.7 Å². The first kappa shape index (κ1) is 16.6. The van der Waals surface area contributed by atoms with Crippen LogP contribution in [0.2, 0.25) is 0 Å². The molecular formula is C22H18N2O4. The third-order valence-corrected chi connectivity index (χ3v) is 5.38. The number of nitrogens with one attached hydrogen (secondary N) is 1. The Hall–Kier alpha value is -3.54. The number of benzene rings is 3. The van der Waals surface area contributed by atoms with Crippen LogP contribution >= 0.6 is 0 Å². The zero-order chi connectivity index (χ0) is 19.3. The Morgan fingerprint density at radius 3 is 2.68 bits per heavy atom. The average Bonchev–Trinajstić information content (AvgIpc) is 3.26. The molecule has 0 bridgehead atoms. The van der Waals surface area contributed by atoms with Gasteiger partial charge in [0, 0.05) is 0 Å². The fourth-order valence-corrected chi connectivity index (χ4v) is 3.91. The molecule has 1 N–H and O–H groups in total. The Morgan fingerprint density at radius 1 is 1.00 bits per heavy atom. The van der Waals surface area contributed by atoms with Crippen molar-refractivity contribution in [3.05, 3.63) is 71.8 Å². The van der Waals surface area contributed by atoms with Gasteiger partial charge in [-0.1, -0.05) is 48.5 Å². The van der Waals surface area contributed by atoms with Crippen molar-refractivity contribution >= 4 is 22.7 Å². The van der Waals surface area contributed by atoms with E-state index in [4.69, 9.17) is 9.47 Å². The minimum absolute atomic E-state index is 0.168. The maximum atomic E-state index is 13.3. The van der Waals surface area contributed by atoms with Crippen molar-refractivity contribution in [2.24, 2.45) is 0 Å². The lowest BCUT2D eigenvalue weighted by molar-refractivity contribution is -0.131. The van der Waals surface area contributed by atoms with Gasteiger partial charge in [0.15, 0.2) is 11.5 Å². The van der Waals surface area contributed by atoms with Gasteiger partial charge < -0.3 is 14.8 Å². The number of rotatable bonds is 3. The second-order valence-corrected chi connectivity index (χ2v) is 7.16. The Morgan fingerprint density at radius 2 is 1.79 bits per heavy atom. The van der Waals surface area contributed by atoms with Gasteiger partial charge in [-0.2, -0.15) is 0 Å². The molecule has 0 spiro atoms. The summed E-state index contributed by atoms with van der Waals surface area (Å²) < 4.78 is 10.7. The molecule has 0 aromatic heterocycles. The molecule has 3 amide bonds. The maximum Gasteiger partial charge on any atom is 0.325 e. The predicted molar refractivity (Wildman–Crippen MR) is 103 cm³/mol. The minimum Gasteiger partial charge on any atom is -0.454 e. The number of imide groups is 1. The van der Waals surface area contributed by atoms with Gasteiger partial charge in [0.2, 0.25) is 6.79 Å². The molecule has 3 aromatic carbocycles. The topological polar surface area (TPSA) is 67.9 Å². The number of urea groups is 1. The molecule has 0 saturated carbocycles. The first-order valence-corrected chi connectivity index (χ1v) is 9.07. The van der Waals surface area contributed by atoms with Gasteiger partial charge in [-0.3, -0.25) is 9.69 Å². The summed E-state index contributed by atoms with van der Waals surface area (Å²) >= 11 is 0. The van der Waals surface area contributed by atoms with Crippen LogP contribution in [-0.4, -0.2) is 23.6 Å². The third kappa shape index (κ3) is 2.41. The lowest BCUT2D eigenvalue weighted by atomic mass is 9.88. The second-order valence-electron chi connectivity index (χ2n) is 7.16. The van der Waals surface area contributed by atoms with Gasteiger partial charge in [0.25, 0.3) is 5.91 Å². The quantitative estimate of drug-likeness (QED) is 0.712. The zero-order valence-electron chi connectivity index (χ0n) is 15.3. The fraction of sp³-hybridized carbons (Fsp3) is 0.182. The van der Waals surface area contributed by atoms with Crippen molar-refractivity contribution in [1.29, 1.82) is 0 Å². The lowest BCUT2D eigenvalue weighted by Crippen LogP contribution is -2.41. The van der Waals surface area contributed by atoms with Crippen LogP contribution in [0.5, 0.6) is 11.5 Å². The minimum atomic E-state index is -1.12. The number of fused-ring (bicyclic) bond motifs is 2. The molecule has 1 fully saturated rings. The Bertz CT molecular complexity index is 1120. The number of carbonyl (C=O) groups excluding carboxylic acids is 2. The van der Waals surface area contributed by atoms with Crippen LogP contribution in [0, 0.1) is 0 Å². The summed E-state index contributed by atoms with van der Waals surface area (Å²) in [6.07, 6.45) is 0. The van der Waals surface area contributed by atoms with Crippen molar-refractivity contribution in [2.75, 3.05) is 6.79 Å². The molecular weight excluding hydrogens is 356 g/mol. The van der Waals surface area contributed by atoms with Crippen LogP contribution in [0.1, 0.15) is 18.1 Å². The molecule has 6 heteroatoms. The largest absolute Gasteiger partial charge is 0.454 e. The second kappa shape index (κ2) is 5.99. The Kier molecular flexibility index (Phi) is 3.55. The van der Waals surface area contributed by atoms with Gasteiger partial charge in [0.1, 0.15) is 5.54 Å². The number of hydrogen-bond donors (Lipinski definition) is 1. The van der Waals surface area contributed by atoms with E-state index in [0.29, 0.717) is 11.5 Å². The first-order valence-electron chi connectivity index (χ1n) is 9.07. The summed E-state index contributed by atoms with van der Waals surface area (Å²) in [5, 5.41) is 4.87. The monoisotopic (exact) mass is 374 g/mol. The van der Waals surface area contributed by atoms with E-state index >= 15 is 0 Å². The lowest BCUT2D eigenvalue weighted by Gasteiger charge is -2.24. The number of amides is 3. The fourth-order valence-electron chi connectivity index (χ4n) is 3.91. The molecule has 0 aliphatic carbocycles. The number of carbonyl (C=O) groups is 2. The Balaban J connectivity index is 1.50. The van der Waals surface area contributed by atoms with E-state index in [-0.39, 0.29) is 19.2 Å². The molecule has 1 saturated heterocycles. The van der Waals surface area contributed by atoms with Crippen LogP contribution in [0.4, 0.5) is 4.79 Å². The highest BCUT2D eigenvalue weighted by Crippen LogP contribution is 2.36. The summed E-state index contributed by atoms with van der Waals surface area (Å²) in [6.45, 7) is 2.11. The Labute approximate surface area is 161 Å². The molecule has 3 aromatic rings. The number of hydrogen-bond acceptors (Lipinski definition) is 4. The summed E-state index contributed by atoms with van der Waals surface area (Å²) in [5.41, 5.74) is 0.473. The van der Waals surface area contributed by atoms with Crippen molar-refractivity contribution in [2.45, 2.75) is 19.0 Å². The van der Waals surface area contributed by atoms with E-state index in [1.807, 2.05) is 48.5 Å². The van der Waals surface area contributed by atoms with Crippen LogP contribution in [-0.2, 0) is 16.9 Å². The van der Waals surface area contributed by atoms with Crippen molar-refractivity contribution < 1.29 is 19.1 Å². The van der Waals surface area contributed by atoms with Gasteiger partial charge >= 0.3 is 6.03 Å². The molecule has 2 heterocycles. The number of ether oxygens (including phenoxy) is 2. The van der Waals surface area contributed by atoms with Crippen molar-refractivity contribution in [3.8, 4) is 11.5 Å². The van der Waals surface area contributed by atoms with E-state index in [1.165, 1.54) is 4.90 Å². The van der Waals surface area contributed by atoms with E-state index in [9.17, 15) is 9.59 Å². The highest BCUT2D eigenvalue weighted by atomic mass is 16.7. The van der Waals surface area contributed by atoms with Gasteiger partial charge in [-0.25, -0.2) is 4.79 Å². The van der Waals surface area contributed by atoms with Gasteiger partial charge in [-0.15, -0.1) is 0 Å². The maximum absolute atomic E-state index is 13.3. The molecule has 2 aliphatic rings. The number of nitrogens with zero attached hydrogens (tertiary/aromatic N) is 1. The first-order chi connectivity index (χ1) is 13.6. The van der Waals surface area contributed by atoms with Gasteiger partial charge in [-0.05, 0) is 41.0 Å². The van der Waals surface area contributed by atoms with Crippen LogP contribution < -0.4 is 14.8 Å². The molecule has 28 heavy (non-hydrogen) atoms. The van der Waals surface area contributed by atoms with Gasteiger partial charge in [0.05, 0.1) is 6.54 Å². The highest BCUT2D eigenvalue weighted by Gasteiger charge is 2.49. The SMILES string of the molecule is C[C@@]1(c2cccc3ccccc23)NC(=O)N(Cc2ccc3c(c2)OCO3)C1=O. The van der Waals surface area contributed by atoms with Crippen molar-refractivity contribution in [3.63, 3.8) is 0 Å². The molecule has 0 radical (unpaired) electrons. The molecule has 5 rings (SSSR count). The molecule has 6 nitrogen and oxygen atoms in total.